The van der Waals surface area contributed by atoms with Gasteiger partial charge in [-0.15, -0.1) is 12.4 Å². The highest BCUT2D eigenvalue weighted by molar-refractivity contribution is 6.32. The van der Waals surface area contributed by atoms with E-state index in [4.69, 9.17) is 17.3 Å². The molecule has 0 saturated heterocycles. The van der Waals surface area contributed by atoms with E-state index >= 15 is 0 Å². The second-order valence-corrected chi connectivity index (χ2v) is 3.47. The molecule has 90 valence electrons. The van der Waals surface area contributed by atoms with E-state index in [0.29, 0.717) is 5.56 Å². The Balaban J connectivity index is 0.00000225. The highest BCUT2D eigenvalue weighted by Gasteiger charge is 2.23. The molecule has 1 rings (SSSR count). The lowest BCUT2D eigenvalue weighted by Gasteiger charge is -2.13. The van der Waals surface area contributed by atoms with Gasteiger partial charge in [-0.3, -0.25) is 4.79 Å². The van der Waals surface area contributed by atoms with E-state index in [0.717, 1.165) is 0 Å². The van der Waals surface area contributed by atoms with Gasteiger partial charge in [0.1, 0.15) is 11.9 Å². The van der Waals surface area contributed by atoms with E-state index < -0.39 is 17.8 Å². The van der Waals surface area contributed by atoms with Crippen molar-refractivity contribution in [1.82, 2.24) is 0 Å². The van der Waals surface area contributed by atoms with Gasteiger partial charge in [-0.05, 0) is 18.6 Å². The predicted molar refractivity (Wildman–Crippen MR) is 62.3 cm³/mol. The number of aryl methyl sites for hydroxylation is 1. The van der Waals surface area contributed by atoms with Crippen LogP contribution in [0.4, 0.5) is 4.39 Å². The van der Waals surface area contributed by atoms with Gasteiger partial charge in [-0.1, -0.05) is 17.7 Å². The number of ether oxygens (including phenoxy) is 1. The van der Waals surface area contributed by atoms with Gasteiger partial charge in [-0.25, -0.2) is 4.39 Å². The van der Waals surface area contributed by atoms with Gasteiger partial charge in [0.25, 0.3) is 0 Å². The number of carbonyl (C=O) groups excluding carboxylic acids is 1. The number of hydrogen-bond donors (Lipinski definition) is 1. The van der Waals surface area contributed by atoms with Crippen LogP contribution in [0.5, 0.6) is 0 Å². The SMILES string of the molecule is COC(=O)[C@H](N)c1c(F)ccc(C)c1Cl.Cl. The summed E-state index contributed by atoms with van der Waals surface area (Å²) in [4.78, 5) is 11.2. The summed E-state index contributed by atoms with van der Waals surface area (Å²) in [5.74, 6) is -1.33. The fraction of sp³-hybridized carbons (Fsp3) is 0.300. The van der Waals surface area contributed by atoms with Crippen LogP contribution in [-0.4, -0.2) is 13.1 Å². The van der Waals surface area contributed by atoms with Gasteiger partial charge >= 0.3 is 5.97 Å². The molecule has 0 unspecified atom stereocenters. The van der Waals surface area contributed by atoms with Gasteiger partial charge in [0.15, 0.2) is 0 Å². The Bertz CT molecular complexity index is 399. The summed E-state index contributed by atoms with van der Waals surface area (Å²) >= 11 is 5.87. The maximum absolute atomic E-state index is 13.4. The minimum absolute atomic E-state index is 0. The molecule has 16 heavy (non-hydrogen) atoms. The zero-order valence-electron chi connectivity index (χ0n) is 8.79. The second kappa shape index (κ2) is 6.03. The van der Waals surface area contributed by atoms with Gasteiger partial charge in [0.2, 0.25) is 0 Å². The molecule has 0 aliphatic heterocycles. The standard InChI is InChI=1S/C10H11ClFNO2.ClH/c1-5-3-4-6(12)7(8(5)11)9(13)10(14)15-2;/h3-4,9H,13H2,1-2H3;1H/t9-;/m1./s1. The third-order valence-electron chi connectivity index (χ3n) is 2.09. The lowest BCUT2D eigenvalue weighted by Crippen LogP contribution is -2.24. The van der Waals surface area contributed by atoms with Crippen LogP contribution in [0, 0.1) is 12.7 Å². The second-order valence-electron chi connectivity index (χ2n) is 3.09. The van der Waals surface area contributed by atoms with Gasteiger partial charge in [-0.2, -0.15) is 0 Å². The first-order chi connectivity index (χ1) is 6.99. The molecule has 0 amide bonds. The number of rotatable bonds is 2. The first kappa shape index (κ1) is 15.2. The van der Waals surface area contributed by atoms with Crippen molar-refractivity contribution in [2.45, 2.75) is 13.0 Å². The number of nitrogens with two attached hydrogens (primary N) is 1. The Morgan fingerprint density at radius 2 is 2.12 bits per heavy atom. The number of hydrogen-bond acceptors (Lipinski definition) is 3. The summed E-state index contributed by atoms with van der Waals surface area (Å²) < 4.78 is 17.8. The molecule has 1 aromatic carbocycles. The molecular weight excluding hydrogens is 256 g/mol. The van der Waals surface area contributed by atoms with Crippen molar-refractivity contribution in [3.05, 3.63) is 34.1 Å². The number of esters is 1. The Morgan fingerprint density at radius 3 is 2.62 bits per heavy atom. The van der Waals surface area contributed by atoms with Crippen LogP contribution in [-0.2, 0) is 9.53 Å². The van der Waals surface area contributed by atoms with E-state index in [1.54, 1.807) is 6.92 Å². The van der Waals surface area contributed by atoms with Crippen molar-refractivity contribution in [3.63, 3.8) is 0 Å². The minimum atomic E-state index is -1.19. The first-order valence-corrected chi connectivity index (χ1v) is 4.64. The zero-order chi connectivity index (χ0) is 11.6. The van der Waals surface area contributed by atoms with Crippen LogP contribution >= 0.6 is 24.0 Å². The molecule has 6 heteroatoms. The summed E-state index contributed by atoms with van der Waals surface area (Å²) in [6.07, 6.45) is 0. The van der Waals surface area contributed by atoms with Crippen LogP contribution in [0.2, 0.25) is 5.02 Å². The topological polar surface area (TPSA) is 52.3 Å². The molecule has 1 aromatic rings. The molecule has 0 aliphatic rings. The van der Waals surface area contributed by atoms with Crippen LogP contribution < -0.4 is 5.73 Å². The summed E-state index contributed by atoms with van der Waals surface area (Å²) in [5.41, 5.74) is 6.16. The average Bonchev–Trinajstić information content (AvgIpc) is 2.22. The molecule has 0 aromatic heterocycles. The average molecular weight is 268 g/mol. The molecule has 3 nitrogen and oxygen atoms in total. The highest BCUT2D eigenvalue weighted by atomic mass is 35.5. The summed E-state index contributed by atoms with van der Waals surface area (Å²) in [7, 11) is 1.18. The molecular formula is C10H12Cl2FNO2. The Morgan fingerprint density at radius 1 is 1.56 bits per heavy atom. The van der Waals surface area contributed by atoms with E-state index in [1.807, 2.05) is 0 Å². The first-order valence-electron chi connectivity index (χ1n) is 4.27. The predicted octanol–water partition coefficient (Wildman–Crippen LogP) is 2.38. The van der Waals surface area contributed by atoms with Crippen molar-refractivity contribution >= 4 is 30.0 Å². The third kappa shape index (κ3) is 2.84. The van der Waals surface area contributed by atoms with Crippen LogP contribution in [0.25, 0.3) is 0 Å². The number of halogens is 3. The molecule has 0 saturated carbocycles. The van der Waals surface area contributed by atoms with E-state index in [1.165, 1.54) is 19.2 Å². The molecule has 0 bridgehead atoms. The Hall–Kier alpha value is -0.840. The largest absolute Gasteiger partial charge is 0.468 e. The minimum Gasteiger partial charge on any atom is -0.468 e. The van der Waals surface area contributed by atoms with E-state index in [-0.39, 0.29) is 23.0 Å². The van der Waals surface area contributed by atoms with Gasteiger partial charge in [0.05, 0.1) is 12.1 Å². The maximum Gasteiger partial charge on any atom is 0.327 e. The molecule has 0 spiro atoms. The van der Waals surface area contributed by atoms with Crippen molar-refractivity contribution in [3.8, 4) is 0 Å². The Kier molecular flexibility index (Phi) is 5.72. The van der Waals surface area contributed by atoms with Crippen molar-refractivity contribution in [2.75, 3.05) is 7.11 Å². The van der Waals surface area contributed by atoms with Crippen molar-refractivity contribution < 1.29 is 13.9 Å². The van der Waals surface area contributed by atoms with Gasteiger partial charge in [0, 0.05) is 5.56 Å². The molecule has 1 atom stereocenters. The summed E-state index contributed by atoms with van der Waals surface area (Å²) in [6, 6.07) is 1.55. The van der Waals surface area contributed by atoms with Gasteiger partial charge < -0.3 is 10.5 Å². The molecule has 0 radical (unpaired) electrons. The molecule has 2 N–H and O–H groups in total. The molecule has 0 heterocycles. The van der Waals surface area contributed by atoms with Crippen molar-refractivity contribution in [2.24, 2.45) is 5.73 Å². The smallest absolute Gasteiger partial charge is 0.327 e. The molecule has 0 fully saturated rings. The van der Waals surface area contributed by atoms with Crippen LogP contribution in [0.3, 0.4) is 0 Å². The van der Waals surface area contributed by atoms with Crippen LogP contribution in [0.15, 0.2) is 12.1 Å². The number of benzene rings is 1. The zero-order valence-corrected chi connectivity index (χ0v) is 10.4. The highest BCUT2D eigenvalue weighted by Crippen LogP contribution is 2.28. The Labute approximate surface area is 104 Å². The fourth-order valence-electron chi connectivity index (χ4n) is 1.21. The third-order valence-corrected chi connectivity index (χ3v) is 2.59. The van der Waals surface area contributed by atoms with Crippen LogP contribution in [0.1, 0.15) is 17.2 Å². The quantitative estimate of drug-likeness (QED) is 0.838. The lowest BCUT2D eigenvalue weighted by atomic mass is 10.0. The van der Waals surface area contributed by atoms with E-state index in [2.05, 4.69) is 4.74 Å². The van der Waals surface area contributed by atoms with Crippen molar-refractivity contribution in [1.29, 1.82) is 0 Å². The summed E-state index contributed by atoms with van der Waals surface area (Å²) in [6.45, 7) is 1.70. The monoisotopic (exact) mass is 267 g/mol. The maximum atomic E-state index is 13.4. The fourth-order valence-corrected chi connectivity index (χ4v) is 1.48. The number of carbonyl (C=O) groups is 1. The lowest BCUT2D eigenvalue weighted by molar-refractivity contribution is -0.142. The normalized spacial score (nSPS) is 11.6. The van der Waals surface area contributed by atoms with E-state index in [9.17, 15) is 9.18 Å². The molecule has 0 aliphatic carbocycles. The summed E-state index contributed by atoms with van der Waals surface area (Å²) in [5, 5.41) is 0.160. The number of methoxy groups -OCH3 is 1.